The first-order chi connectivity index (χ1) is 9.40. The molecule has 5 nitrogen and oxygen atoms in total. The van der Waals surface area contributed by atoms with E-state index < -0.39 is 5.97 Å². The predicted octanol–water partition coefficient (Wildman–Crippen LogP) is 3.67. The second-order valence-corrected chi connectivity index (χ2v) is 5.28. The van der Waals surface area contributed by atoms with Crippen LogP contribution in [0.4, 0.5) is 0 Å². The molecule has 7 heteroatoms. The maximum Gasteiger partial charge on any atom is 0.339 e. The smallest absolute Gasteiger partial charge is 0.339 e. The molecule has 0 bridgehead atoms. The number of aromatic nitrogens is 3. The molecule has 0 spiro atoms. The molecule has 0 amide bonds. The lowest BCUT2D eigenvalue weighted by Gasteiger charge is -2.10. The van der Waals surface area contributed by atoms with Crippen LogP contribution in [0.25, 0.3) is 11.5 Å². The molecule has 0 aliphatic carbocycles. The van der Waals surface area contributed by atoms with Crippen LogP contribution >= 0.6 is 23.2 Å². The van der Waals surface area contributed by atoms with Gasteiger partial charge in [0.25, 0.3) is 0 Å². The van der Waals surface area contributed by atoms with Gasteiger partial charge in [-0.15, -0.1) is 0 Å². The van der Waals surface area contributed by atoms with E-state index in [-0.39, 0.29) is 17.3 Å². The number of carboxylic acids is 1. The van der Waals surface area contributed by atoms with Gasteiger partial charge >= 0.3 is 5.97 Å². The number of hydrogen-bond acceptors (Lipinski definition) is 4. The van der Waals surface area contributed by atoms with Crippen LogP contribution in [0.15, 0.2) is 18.5 Å². The minimum atomic E-state index is -1.06. The fourth-order valence-electron chi connectivity index (χ4n) is 1.69. The van der Waals surface area contributed by atoms with Gasteiger partial charge in [0.15, 0.2) is 5.82 Å². The Bertz CT molecular complexity index is 675. The molecule has 2 rings (SSSR count). The van der Waals surface area contributed by atoms with Gasteiger partial charge in [-0.2, -0.15) is 0 Å². The van der Waals surface area contributed by atoms with Crippen LogP contribution in [-0.2, 0) is 0 Å². The van der Waals surface area contributed by atoms with Crippen LogP contribution in [0.2, 0.25) is 10.0 Å². The van der Waals surface area contributed by atoms with Crippen molar-refractivity contribution in [3.05, 3.63) is 39.8 Å². The highest BCUT2D eigenvalue weighted by atomic mass is 35.5. The van der Waals surface area contributed by atoms with Crippen LogP contribution in [0.1, 0.15) is 35.8 Å². The summed E-state index contributed by atoms with van der Waals surface area (Å²) in [6.45, 7) is 3.71. The lowest BCUT2D eigenvalue weighted by atomic mass is 10.1. The molecule has 104 valence electrons. The number of hydrogen-bond donors (Lipinski definition) is 1. The van der Waals surface area contributed by atoms with Crippen molar-refractivity contribution in [3.63, 3.8) is 0 Å². The molecule has 20 heavy (non-hydrogen) atoms. The Morgan fingerprint density at radius 1 is 1.25 bits per heavy atom. The highest BCUT2D eigenvalue weighted by Crippen LogP contribution is 2.27. The minimum absolute atomic E-state index is 0.0612. The van der Waals surface area contributed by atoms with Crippen molar-refractivity contribution in [1.29, 1.82) is 0 Å². The molecule has 2 aromatic heterocycles. The average molecular weight is 312 g/mol. The van der Waals surface area contributed by atoms with E-state index in [1.165, 1.54) is 18.5 Å². The third-order valence-corrected chi connectivity index (χ3v) is 3.11. The summed E-state index contributed by atoms with van der Waals surface area (Å²) < 4.78 is 0. The van der Waals surface area contributed by atoms with Crippen molar-refractivity contribution in [3.8, 4) is 11.5 Å². The third kappa shape index (κ3) is 2.89. The first-order valence-electron chi connectivity index (χ1n) is 5.81. The molecule has 2 heterocycles. The maximum atomic E-state index is 11.1. The topological polar surface area (TPSA) is 76.0 Å². The summed E-state index contributed by atoms with van der Waals surface area (Å²) in [6, 6.07) is 1.54. The molecule has 2 aromatic rings. The van der Waals surface area contributed by atoms with Gasteiger partial charge in [-0.3, -0.25) is 0 Å². The summed E-state index contributed by atoms with van der Waals surface area (Å²) in [5.41, 5.74) is 0.888. The molecule has 1 N–H and O–H groups in total. The molecule has 0 fully saturated rings. The SMILES string of the molecule is CC(C)c1nc(-c2ncc(Cl)cc2Cl)ncc1C(=O)O. The van der Waals surface area contributed by atoms with Crippen molar-refractivity contribution in [1.82, 2.24) is 15.0 Å². The fourth-order valence-corrected chi connectivity index (χ4v) is 2.16. The summed E-state index contributed by atoms with van der Waals surface area (Å²) in [6.07, 6.45) is 2.71. The van der Waals surface area contributed by atoms with E-state index in [2.05, 4.69) is 15.0 Å². The highest BCUT2D eigenvalue weighted by Gasteiger charge is 2.18. The van der Waals surface area contributed by atoms with Gasteiger partial charge in [0.05, 0.1) is 21.3 Å². The standard InChI is InChI=1S/C13H11Cl2N3O2/c1-6(2)10-8(13(19)20)5-17-12(18-10)11-9(15)3-7(14)4-16-11/h3-6H,1-2H3,(H,19,20). The third-order valence-electron chi connectivity index (χ3n) is 2.62. The number of pyridine rings is 1. The Labute approximate surface area is 125 Å². The summed E-state index contributed by atoms with van der Waals surface area (Å²) in [7, 11) is 0. The Kier molecular flexibility index (Phi) is 4.20. The summed E-state index contributed by atoms with van der Waals surface area (Å²) in [5.74, 6) is -0.843. The zero-order chi connectivity index (χ0) is 14.9. The zero-order valence-electron chi connectivity index (χ0n) is 10.8. The van der Waals surface area contributed by atoms with Gasteiger partial charge in [-0.05, 0) is 12.0 Å². The van der Waals surface area contributed by atoms with E-state index in [4.69, 9.17) is 28.3 Å². The van der Waals surface area contributed by atoms with Gasteiger partial charge in [0, 0.05) is 12.4 Å². The number of rotatable bonds is 3. The number of carbonyl (C=O) groups is 1. The van der Waals surface area contributed by atoms with E-state index in [1.54, 1.807) is 0 Å². The summed E-state index contributed by atoms with van der Waals surface area (Å²) in [4.78, 5) is 23.5. The lowest BCUT2D eigenvalue weighted by molar-refractivity contribution is 0.0694. The molecule has 0 saturated heterocycles. The van der Waals surface area contributed by atoms with Gasteiger partial charge in [-0.25, -0.2) is 19.7 Å². The van der Waals surface area contributed by atoms with Gasteiger partial charge in [-0.1, -0.05) is 37.0 Å². The minimum Gasteiger partial charge on any atom is -0.478 e. The molecular weight excluding hydrogens is 301 g/mol. The van der Waals surface area contributed by atoms with Crippen LogP contribution in [0, 0.1) is 0 Å². The maximum absolute atomic E-state index is 11.1. The molecule has 0 aromatic carbocycles. The van der Waals surface area contributed by atoms with Crippen molar-refractivity contribution < 1.29 is 9.90 Å². The number of halogens is 2. The van der Waals surface area contributed by atoms with Crippen molar-refractivity contribution >= 4 is 29.2 Å². The summed E-state index contributed by atoms with van der Waals surface area (Å²) in [5, 5.41) is 9.85. The van der Waals surface area contributed by atoms with Crippen LogP contribution in [0.3, 0.4) is 0 Å². The molecule has 0 saturated carbocycles. The molecule has 0 atom stereocenters. The largest absolute Gasteiger partial charge is 0.478 e. The van der Waals surface area contributed by atoms with E-state index in [9.17, 15) is 4.79 Å². The van der Waals surface area contributed by atoms with Crippen molar-refractivity contribution in [2.75, 3.05) is 0 Å². The Morgan fingerprint density at radius 3 is 2.50 bits per heavy atom. The van der Waals surface area contributed by atoms with E-state index >= 15 is 0 Å². The Hall–Kier alpha value is -1.72. The Morgan fingerprint density at radius 2 is 1.95 bits per heavy atom. The Balaban J connectivity index is 2.59. The molecular formula is C13H11Cl2N3O2. The zero-order valence-corrected chi connectivity index (χ0v) is 12.3. The normalized spacial score (nSPS) is 10.8. The molecule has 0 radical (unpaired) electrons. The first kappa shape index (κ1) is 14.7. The van der Waals surface area contributed by atoms with Crippen LogP contribution < -0.4 is 0 Å². The van der Waals surface area contributed by atoms with E-state index in [0.29, 0.717) is 21.4 Å². The quantitative estimate of drug-likeness (QED) is 0.936. The van der Waals surface area contributed by atoms with Gasteiger partial charge < -0.3 is 5.11 Å². The number of nitrogens with zero attached hydrogens (tertiary/aromatic N) is 3. The summed E-state index contributed by atoms with van der Waals surface area (Å²) >= 11 is 11.8. The monoisotopic (exact) mass is 311 g/mol. The highest BCUT2D eigenvalue weighted by molar-refractivity contribution is 6.35. The van der Waals surface area contributed by atoms with Gasteiger partial charge in [0.2, 0.25) is 0 Å². The predicted molar refractivity (Wildman–Crippen MR) is 76.3 cm³/mol. The van der Waals surface area contributed by atoms with Gasteiger partial charge in [0.1, 0.15) is 5.69 Å². The van der Waals surface area contributed by atoms with E-state index in [1.807, 2.05) is 13.8 Å². The molecule has 0 aliphatic rings. The van der Waals surface area contributed by atoms with Crippen molar-refractivity contribution in [2.45, 2.75) is 19.8 Å². The molecule has 0 unspecified atom stereocenters. The second kappa shape index (κ2) is 5.73. The van der Waals surface area contributed by atoms with Crippen molar-refractivity contribution in [2.24, 2.45) is 0 Å². The lowest BCUT2D eigenvalue weighted by Crippen LogP contribution is -2.09. The van der Waals surface area contributed by atoms with Crippen LogP contribution in [0.5, 0.6) is 0 Å². The molecule has 0 aliphatic heterocycles. The van der Waals surface area contributed by atoms with E-state index in [0.717, 1.165) is 0 Å². The fraction of sp³-hybridized carbons (Fsp3) is 0.231. The number of carboxylic acid groups (broad SMARTS) is 1. The first-order valence-corrected chi connectivity index (χ1v) is 6.57. The van der Waals surface area contributed by atoms with Crippen LogP contribution in [-0.4, -0.2) is 26.0 Å². The second-order valence-electron chi connectivity index (χ2n) is 4.44. The average Bonchev–Trinajstić information content (AvgIpc) is 2.37. The number of aromatic carboxylic acids is 1.